The van der Waals surface area contributed by atoms with Crippen LogP contribution in [0.15, 0.2) is 53.6 Å². The normalized spacial score (nSPS) is 20.5. The molecule has 1 unspecified atom stereocenters. The van der Waals surface area contributed by atoms with E-state index in [2.05, 4.69) is 29.2 Å². The third-order valence-electron chi connectivity index (χ3n) is 4.02. The first-order valence-electron chi connectivity index (χ1n) is 6.92. The van der Waals surface area contributed by atoms with Gasteiger partial charge in [0.05, 0.1) is 6.04 Å². The number of nitrogens with zero attached hydrogens (tertiary/aromatic N) is 1. The van der Waals surface area contributed by atoms with Crippen molar-refractivity contribution >= 4 is 5.78 Å². The molecule has 2 heteroatoms. The highest BCUT2D eigenvalue weighted by molar-refractivity contribution is 5.83. The fraction of sp³-hybridized carbons (Fsp3) is 0.353. The highest BCUT2D eigenvalue weighted by Gasteiger charge is 2.30. The second kappa shape index (κ2) is 5.14. The van der Waals surface area contributed by atoms with Crippen LogP contribution in [0.1, 0.15) is 31.4 Å². The second-order valence-electron chi connectivity index (χ2n) is 5.40. The molecule has 1 aliphatic heterocycles. The molecule has 1 heterocycles. The summed E-state index contributed by atoms with van der Waals surface area (Å²) in [5.41, 5.74) is 4.05. The van der Waals surface area contributed by atoms with Crippen molar-refractivity contribution in [2.75, 3.05) is 13.1 Å². The molecule has 3 rings (SSSR count). The fourth-order valence-corrected chi connectivity index (χ4v) is 3.15. The first kappa shape index (κ1) is 12.4. The van der Waals surface area contributed by atoms with Crippen LogP contribution in [0.25, 0.3) is 0 Å². The summed E-state index contributed by atoms with van der Waals surface area (Å²) in [5, 5.41) is 0. The average molecular weight is 253 g/mol. The standard InChI is InChI=1S/C17H19NO/c1-13(19)17(14-7-3-2-4-8-14)18-11-15-9-5-6-10-16(15)12-18/h2-5,7-9,17H,6,10-12H2,1H3. The van der Waals surface area contributed by atoms with Gasteiger partial charge in [0, 0.05) is 13.1 Å². The van der Waals surface area contributed by atoms with Crippen LogP contribution in [-0.2, 0) is 4.79 Å². The minimum absolute atomic E-state index is 0.0970. The number of Topliss-reactive ketones (excluding diaryl/α,β-unsaturated/α-hetero) is 1. The molecule has 0 fully saturated rings. The van der Waals surface area contributed by atoms with Gasteiger partial charge in [-0.15, -0.1) is 0 Å². The van der Waals surface area contributed by atoms with Crippen LogP contribution in [0.5, 0.6) is 0 Å². The molecule has 0 radical (unpaired) electrons. The quantitative estimate of drug-likeness (QED) is 0.824. The molecule has 0 spiro atoms. The molecule has 0 saturated carbocycles. The number of hydrogen-bond acceptors (Lipinski definition) is 2. The molecule has 98 valence electrons. The highest BCUT2D eigenvalue weighted by Crippen LogP contribution is 2.32. The Morgan fingerprint density at radius 2 is 2.00 bits per heavy atom. The van der Waals surface area contributed by atoms with Gasteiger partial charge < -0.3 is 0 Å². The van der Waals surface area contributed by atoms with Crippen LogP contribution < -0.4 is 0 Å². The summed E-state index contributed by atoms with van der Waals surface area (Å²) < 4.78 is 0. The molecule has 2 aliphatic rings. The van der Waals surface area contributed by atoms with E-state index in [0.29, 0.717) is 0 Å². The van der Waals surface area contributed by atoms with E-state index < -0.39 is 0 Å². The molecule has 1 aromatic rings. The van der Waals surface area contributed by atoms with Crippen LogP contribution in [0.4, 0.5) is 0 Å². The highest BCUT2D eigenvalue weighted by atomic mass is 16.1. The maximum atomic E-state index is 12.1. The van der Waals surface area contributed by atoms with E-state index >= 15 is 0 Å². The fourth-order valence-electron chi connectivity index (χ4n) is 3.15. The van der Waals surface area contributed by atoms with E-state index in [-0.39, 0.29) is 11.8 Å². The Hall–Kier alpha value is -1.67. The molecule has 0 bridgehead atoms. The van der Waals surface area contributed by atoms with Gasteiger partial charge in [-0.1, -0.05) is 48.1 Å². The Kier molecular flexibility index (Phi) is 3.34. The van der Waals surface area contributed by atoms with Gasteiger partial charge in [0.2, 0.25) is 0 Å². The Balaban J connectivity index is 1.84. The Morgan fingerprint density at radius 1 is 1.21 bits per heavy atom. The lowest BCUT2D eigenvalue weighted by Crippen LogP contribution is -2.31. The molecule has 1 atom stereocenters. The smallest absolute Gasteiger partial charge is 0.151 e. The summed E-state index contributed by atoms with van der Waals surface area (Å²) in [5.74, 6) is 0.232. The maximum Gasteiger partial charge on any atom is 0.151 e. The number of allylic oxidation sites excluding steroid dienone is 1. The van der Waals surface area contributed by atoms with Crippen LogP contribution in [0.3, 0.4) is 0 Å². The number of carbonyl (C=O) groups is 1. The number of carbonyl (C=O) groups excluding carboxylic acids is 1. The zero-order valence-corrected chi connectivity index (χ0v) is 11.3. The number of benzene rings is 1. The van der Waals surface area contributed by atoms with Crippen molar-refractivity contribution in [1.82, 2.24) is 4.90 Å². The van der Waals surface area contributed by atoms with Gasteiger partial charge in [0.15, 0.2) is 5.78 Å². The molecule has 0 amide bonds. The summed E-state index contributed by atoms with van der Waals surface area (Å²) in [6.07, 6.45) is 6.78. The molecular weight excluding hydrogens is 234 g/mol. The second-order valence-corrected chi connectivity index (χ2v) is 5.40. The minimum atomic E-state index is -0.0970. The monoisotopic (exact) mass is 253 g/mol. The lowest BCUT2D eigenvalue weighted by Gasteiger charge is -2.26. The van der Waals surface area contributed by atoms with Gasteiger partial charge in [0.25, 0.3) is 0 Å². The van der Waals surface area contributed by atoms with Crippen LogP contribution >= 0.6 is 0 Å². The number of hydrogen-bond donors (Lipinski definition) is 0. The minimum Gasteiger partial charge on any atom is -0.298 e. The van der Waals surface area contributed by atoms with Crippen molar-refractivity contribution in [1.29, 1.82) is 0 Å². The van der Waals surface area contributed by atoms with E-state index in [4.69, 9.17) is 0 Å². The van der Waals surface area contributed by atoms with Crippen molar-refractivity contribution in [3.05, 3.63) is 59.2 Å². The first-order chi connectivity index (χ1) is 9.25. The predicted molar refractivity (Wildman–Crippen MR) is 76.8 cm³/mol. The number of ketones is 1. The van der Waals surface area contributed by atoms with E-state index in [9.17, 15) is 4.79 Å². The predicted octanol–water partition coefficient (Wildman–Crippen LogP) is 3.28. The Labute approximate surface area is 114 Å². The summed E-state index contributed by atoms with van der Waals surface area (Å²) in [4.78, 5) is 14.4. The van der Waals surface area contributed by atoms with E-state index in [0.717, 1.165) is 31.5 Å². The van der Waals surface area contributed by atoms with Gasteiger partial charge in [-0.05, 0) is 30.9 Å². The molecule has 0 saturated heterocycles. The summed E-state index contributed by atoms with van der Waals surface area (Å²) in [6.45, 7) is 3.55. The molecule has 1 aliphatic carbocycles. The first-order valence-corrected chi connectivity index (χ1v) is 6.92. The van der Waals surface area contributed by atoms with Crippen molar-refractivity contribution in [3.8, 4) is 0 Å². The molecule has 1 aromatic carbocycles. The topological polar surface area (TPSA) is 20.3 Å². The van der Waals surface area contributed by atoms with Crippen molar-refractivity contribution in [2.24, 2.45) is 0 Å². The summed E-state index contributed by atoms with van der Waals surface area (Å²) in [6, 6.07) is 10.0. The molecule has 0 N–H and O–H groups in total. The largest absolute Gasteiger partial charge is 0.298 e. The maximum absolute atomic E-state index is 12.1. The Bertz CT molecular complexity index is 542. The van der Waals surface area contributed by atoms with Crippen molar-refractivity contribution in [3.63, 3.8) is 0 Å². The Morgan fingerprint density at radius 3 is 2.68 bits per heavy atom. The lowest BCUT2D eigenvalue weighted by atomic mass is 10.0. The zero-order valence-electron chi connectivity index (χ0n) is 11.3. The lowest BCUT2D eigenvalue weighted by molar-refractivity contribution is -0.121. The SMILES string of the molecule is CC(=O)C(c1ccccc1)N1CC2=C(CCC=C2)C1. The van der Waals surface area contributed by atoms with E-state index in [1.165, 1.54) is 11.1 Å². The average Bonchev–Trinajstić information content (AvgIpc) is 2.82. The van der Waals surface area contributed by atoms with Crippen molar-refractivity contribution in [2.45, 2.75) is 25.8 Å². The molecular formula is C17H19NO. The van der Waals surface area contributed by atoms with E-state index in [1.807, 2.05) is 18.2 Å². The summed E-state index contributed by atoms with van der Waals surface area (Å²) in [7, 11) is 0. The summed E-state index contributed by atoms with van der Waals surface area (Å²) >= 11 is 0. The van der Waals surface area contributed by atoms with Gasteiger partial charge in [-0.3, -0.25) is 9.69 Å². The van der Waals surface area contributed by atoms with Crippen LogP contribution in [-0.4, -0.2) is 23.8 Å². The van der Waals surface area contributed by atoms with Gasteiger partial charge >= 0.3 is 0 Å². The number of rotatable bonds is 3. The molecule has 19 heavy (non-hydrogen) atoms. The van der Waals surface area contributed by atoms with E-state index in [1.54, 1.807) is 6.92 Å². The van der Waals surface area contributed by atoms with Gasteiger partial charge in [0.1, 0.15) is 0 Å². The zero-order chi connectivity index (χ0) is 13.2. The van der Waals surface area contributed by atoms with Gasteiger partial charge in [-0.25, -0.2) is 0 Å². The third-order valence-corrected chi connectivity index (χ3v) is 4.02. The van der Waals surface area contributed by atoms with Crippen LogP contribution in [0.2, 0.25) is 0 Å². The molecule has 2 nitrogen and oxygen atoms in total. The van der Waals surface area contributed by atoms with Crippen LogP contribution in [0, 0.1) is 0 Å². The van der Waals surface area contributed by atoms with Gasteiger partial charge in [-0.2, -0.15) is 0 Å². The molecule has 0 aromatic heterocycles. The third kappa shape index (κ3) is 2.41. The van der Waals surface area contributed by atoms with Crippen molar-refractivity contribution < 1.29 is 4.79 Å².